The lowest BCUT2D eigenvalue weighted by molar-refractivity contribution is -0.384. The van der Waals surface area contributed by atoms with Crippen LogP contribution in [0, 0.1) is 15.9 Å². The number of hydrogen-bond donors (Lipinski definition) is 1. The highest BCUT2D eigenvalue weighted by molar-refractivity contribution is 5.94. The van der Waals surface area contributed by atoms with Gasteiger partial charge >= 0.3 is 5.69 Å². The van der Waals surface area contributed by atoms with Gasteiger partial charge in [0.1, 0.15) is 17.7 Å². The van der Waals surface area contributed by atoms with E-state index in [1.165, 1.54) is 12.1 Å². The molecule has 0 amide bonds. The van der Waals surface area contributed by atoms with Gasteiger partial charge in [0.2, 0.25) is 0 Å². The van der Waals surface area contributed by atoms with Crippen molar-refractivity contribution >= 4 is 22.3 Å². The number of nitrogens with two attached hydrogens (primary N) is 1. The van der Waals surface area contributed by atoms with Crippen LogP contribution in [0.25, 0.3) is 10.9 Å². The van der Waals surface area contributed by atoms with Crippen molar-refractivity contribution in [1.82, 2.24) is 4.98 Å². The molecule has 1 aromatic carbocycles. The lowest BCUT2D eigenvalue weighted by Crippen LogP contribution is -1.99. The number of nitrogens with zero attached hydrogens (tertiary/aromatic N) is 2. The molecule has 0 aliphatic rings. The van der Waals surface area contributed by atoms with Gasteiger partial charge in [-0.3, -0.25) is 10.1 Å². The number of fused-ring (bicyclic) bond motifs is 1. The van der Waals surface area contributed by atoms with Gasteiger partial charge in [-0.1, -0.05) is 6.07 Å². The summed E-state index contributed by atoms with van der Waals surface area (Å²) in [6.07, 6.45) is 1.02. The molecule has 2 aromatic rings. The third-order valence-electron chi connectivity index (χ3n) is 2.06. The average molecular weight is 207 g/mol. The van der Waals surface area contributed by atoms with Crippen LogP contribution in [0.1, 0.15) is 0 Å². The molecule has 0 bridgehead atoms. The fourth-order valence-corrected chi connectivity index (χ4v) is 1.36. The Bertz CT molecular complexity index is 556. The third-order valence-corrected chi connectivity index (χ3v) is 2.06. The van der Waals surface area contributed by atoms with Gasteiger partial charge in [-0.05, 0) is 12.1 Å². The van der Waals surface area contributed by atoms with E-state index in [9.17, 15) is 14.5 Å². The van der Waals surface area contributed by atoms with E-state index >= 15 is 0 Å². The minimum absolute atomic E-state index is 0.00769. The number of pyridine rings is 1. The summed E-state index contributed by atoms with van der Waals surface area (Å²) < 4.78 is 13.3. The van der Waals surface area contributed by atoms with Crippen LogP contribution in [0.4, 0.5) is 15.8 Å². The van der Waals surface area contributed by atoms with Crippen LogP contribution in [-0.4, -0.2) is 9.91 Å². The van der Waals surface area contributed by atoms with Crippen LogP contribution < -0.4 is 5.73 Å². The third kappa shape index (κ3) is 1.35. The maximum Gasteiger partial charge on any atom is 0.310 e. The molecule has 0 saturated heterocycles. The van der Waals surface area contributed by atoms with Crippen molar-refractivity contribution in [2.45, 2.75) is 0 Å². The molecule has 15 heavy (non-hydrogen) atoms. The van der Waals surface area contributed by atoms with Crippen molar-refractivity contribution in [2.24, 2.45) is 0 Å². The van der Waals surface area contributed by atoms with E-state index in [1.807, 2.05) is 0 Å². The van der Waals surface area contributed by atoms with Crippen LogP contribution in [0.15, 0.2) is 24.4 Å². The van der Waals surface area contributed by atoms with E-state index in [-0.39, 0.29) is 16.8 Å². The highest BCUT2D eigenvalue weighted by Gasteiger charge is 2.17. The van der Waals surface area contributed by atoms with Gasteiger partial charge in [0.15, 0.2) is 0 Å². The second kappa shape index (κ2) is 3.16. The zero-order chi connectivity index (χ0) is 11.0. The number of benzene rings is 1. The number of nitro groups is 1. The maximum absolute atomic E-state index is 13.3. The summed E-state index contributed by atoms with van der Waals surface area (Å²) in [5.74, 6) is -0.610. The first-order valence-electron chi connectivity index (χ1n) is 4.08. The van der Waals surface area contributed by atoms with Gasteiger partial charge in [0.05, 0.1) is 15.8 Å². The summed E-state index contributed by atoms with van der Waals surface area (Å²) in [7, 11) is 0. The smallest absolute Gasteiger partial charge is 0.310 e. The van der Waals surface area contributed by atoms with Crippen LogP contribution in [0.5, 0.6) is 0 Å². The van der Waals surface area contributed by atoms with Crippen molar-refractivity contribution in [1.29, 1.82) is 0 Å². The molecule has 5 nitrogen and oxygen atoms in total. The normalized spacial score (nSPS) is 10.5. The largest absolute Gasteiger partial charge is 0.392 e. The molecule has 76 valence electrons. The summed E-state index contributed by atoms with van der Waals surface area (Å²) >= 11 is 0. The number of rotatable bonds is 1. The van der Waals surface area contributed by atoms with Crippen LogP contribution in [-0.2, 0) is 0 Å². The quantitative estimate of drug-likeness (QED) is 0.571. The van der Waals surface area contributed by atoms with Crippen LogP contribution in [0.3, 0.4) is 0 Å². The Morgan fingerprint density at radius 3 is 2.87 bits per heavy atom. The molecule has 0 aliphatic carbocycles. The lowest BCUT2D eigenvalue weighted by Gasteiger charge is -2.02. The molecule has 0 atom stereocenters. The minimum atomic E-state index is -0.686. The molecule has 0 radical (unpaired) electrons. The fourth-order valence-electron chi connectivity index (χ4n) is 1.36. The molecule has 2 N–H and O–H groups in total. The highest BCUT2D eigenvalue weighted by atomic mass is 19.1. The summed E-state index contributed by atoms with van der Waals surface area (Å²) in [4.78, 5) is 13.6. The Hall–Kier alpha value is -2.24. The van der Waals surface area contributed by atoms with Crippen LogP contribution in [0.2, 0.25) is 0 Å². The van der Waals surface area contributed by atoms with Gasteiger partial charge in [0.25, 0.3) is 0 Å². The number of aromatic nitrogens is 1. The SMILES string of the molecule is Nc1c([N+](=O)[O-])cnc2cccc(F)c12. The predicted molar refractivity (Wildman–Crippen MR) is 52.8 cm³/mol. The second-order valence-electron chi connectivity index (χ2n) is 2.95. The number of halogens is 1. The molecule has 0 saturated carbocycles. The Labute approximate surface area is 83.5 Å². The molecular formula is C9H6FN3O2. The summed E-state index contributed by atoms with van der Waals surface area (Å²) in [5, 5.41) is 10.5. The Morgan fingerprint density at radius 2 is 2.20 bits per heavy atom. The monoisotopic (exact) mass is 207 g/mol. The van der Waals surface area contributed by atoms with E-state index in [0.29, 0.717) is 5.52 Å². The Kier molecular flexibility index (Phi) is 1.96. The predicted octanol–water partition coefficient (Wildman–Crippen LogP) is 1.86. The molecule has 0 aliphatic heterocycles. The fraction of sp³-hybridized carbons (Fsp3) is 0. The first kappa shape index (κ1) is 9.32. The molecule has 1 aromatic heterocycles. The first-order chi connectivity index (χ1) is 7.11. The lowest BCUT2D eigenvalue weighted by atomic mass is 10.1. The molecular weight excluding hydrogens is 201 g/mol. The molecule has 1 heterocycles. The standard InChI is InChI=1S/C9H6FN3O2/c10-5-2-1-3-6-8(5)9(11)7(4-12-6)13(14)15/h1-4H,(H2,11,12). The number of hydrogen-bond acceptors (Lipinski definition) is 4. The van der Waals surface area contributed by atoms with Gasteiger partial charge in [-0.25, -0.2) is 9.37 Å². The van der Waals surface area contributed by atoms with E-state index in [1.54, 1.807) is 6.07 Å². The Morgan fingerprint density at radius 1 is 1.47 bits per heavy atom. The minimum Gasteiger partial charge on any atom is -0.392 e. The zero-order valence-electron chi connectivity index (χ0n) is 7.48. The second-order valence-corrected chi connectivity index (χ2v) is 2.95. The number of anilines is 1. The average Bonchev–Trinajstić information content (AvgIpc) is 2.17. The van der Waals surface area contributed by atoms with Gasteiger partial charge in [0, 0.05) is 0 Å². The number of nitrogen functional groups attached to an aromatic ring is 1. The van der Waals surface area contributed by atoms with Crippen molar-refractivity contribution in [3.63, 3.8) is 0 Å². The van der Waals surface area contributed by atoms with Gasteiger partial charge in [-0.15, -0.1) is 0 Å². The molecule has 0 unspecified atom stereocenters. The summed E-state index contributed by atoms with van der Waals surface area (Å²) in [6.45, 7) is 0. The first-order valence-corrected chi connectivity index (χ1v) is 4.08. The van der Waals surface area contributed by atoms with E-state index in [4.69, 9.17) is 5.73 Å². The maximum atomic E-state index is 13.3. The van der Waals surface area contributed by atoms with Crippen molar-refractivity contribution in [3.8, 4) is 0 Å². The van der Waals surface area contributed by atoms with Crippen molar-refractivity contribution in [3.05, 3.63) is 40.3 Å². The summed E-state index contributed by atoms with van der Waals surface area (Å²) in [6, 6.07) is 4.19. The van der Waals surface area contributed by atoms with Crippen LogP contribution >= 0.6 is 0 Å². The topological polar surface area (TPSA) is 82.0 Å². The van der Waals surface area contributed by atoms with Crippen molar-refractivity contribution in [2.75, 3.05) is 5.73 Å². The zero-order valence-corrected chi connectivity index (χ0v) is 7.48. The molecule has 0 fully saturated rings. The van der Waals surface area contributed by atoms with Gasteiger partial charge < -0.3 is 5.73 Å². The summed E-state index contributed by atoms with van der Waals surface area (Å²) in [5.41, 5.74) is 5.23. The van der Waals surface area contributed by atoms with E-state index in [2.05, 4.69) is 4.98 Å². The van der Waals surface area contributed by atoms with E-state index < -0.39 is 10.7 Å². The molecule has 2 rings (SSSR count). The molecule has 6 heteroatoms. The van der Waals surface area contributed by atoms with E-state index in [0.717, 1.165) is 6.20 Å². The molecule has 0 spiro atoms. The highest BCUT2D eigenvalue weighted by Crippen LogP contribution is 2.29. The Balaban J connectivity index is 2.89. The van der Waals surface area contributed by atoms with Crippen molar-refractivity contribution < 1.29 is 9.31 Å². The van der Waals surface area contributed by atoms with Gasteiger partial charge in [-0.2, -0.15) is 0 Å².